The highest BCUT2D eigenvalue weighted by Crippen LogP contribution is 2.26. The molecule has 0 rings (SSSR count). The Morgan fingerprint density at radius 3 is 1.93 bits per heavy atom. The lowest BCUT2D eigenvalue weighted by Crippen LogP contribution is -2.35. The maximum atomic E-state index is 12.2. The van der Waals surface area contributed by atoms with Gasteiger partial charge in [0.15, 0.2) is 0 Å². The van der Waals surface area contributed by atoms with Gasteiger partial charge in [-0.25, -0.2) is 0 Å². The normalized spacial score (nSPS) is 14.6. The number of rotatable bonds is 7. The first-order chi connectivity index (χ1) is 6.92. The molecule has 0 aromatic rings. The van der Waals surface area contributed by atoms with Crippen LogP contribution in [0.3, 0.4) is 0 Å². The van der Waals surface area contributed by atoms with Crippen molar-refractivity contribution in [1.82, 2.24) is 5.32 Å². The van der Waals surface area contributed by atoms with Crippen LogP contribution in [0, 0.1) is 5.92 Å². The number of alkyl halides is 3. The van der Waals surface area contributed by atoms with Crippen LogP contribution in [0.2, 0.25) is 0 Å². The van der Waals surface area contributed by atoms with Gasteiger partial charge in [-0.15, -0.1) is 0 Å². The zero-order chi connectivity index (χ0) is 11.9. The number of hydrogen-bond acceptors (Lipinski definition) is 1. The molecule has 1 N–H and O–H groups in total. The first-order valence-corrected chi connectivity index (χ1v) is 5.73. The Morgan fingerprint density at radius 2 is 1.60 bits per heavy atom. The summed E-state index contributed by atoms with van der Waals surface area (Å²) in [5.74, 6) is 0.399. The van der Waals surface area contributed by atoms with E-state index in [-0.39, 0.29) is 0 Å². The Morgan fingerprint density at radius 1 is 1.07 bits per heavy atom. The third kappa shape index (κ3) is 7.65. The van der Waals surface area contributed by atoms with Crippen LogP contribution in [-0.2, 0) is 0 Å². The second-order valence-electron chi connectivity index (χ2n) is 3.99. The molecule has 0 aromatic carbocycles. The molecule has 1 nitrogen and oxygen atoms in total. The molecule has 15 heavy (non-hydrogen) atoms. The molecule has 92 valence electrons. The second-order valence-corrected chi connectivity index (χ2v) is 3.99. The standard InChI is InChI=1S/C11H22F3N/c1-4-9(5-2)7-10(15-6-3)8-11(12,13)14/h9-10,15H,4-8H2,1-3H3. The molecule has 0 aliphatic heterocycles. The highest BCUT2D eigenvalue weighted by atomic mass is 19.4. The molecule has 1 atom stereocenters. The molecule has 0 bridgehead atoms. The Labute approximate surface area is 90.4 Å². The SMILES string of the molecule is CCNC(CC(CC)CC)CC(F)(F)F. The Kier molecular flexibility index (Phi) is 6.98. The van der Waals surface area contributed by atoms with E-state index in [1.54, 1.807) is 0 Å². The molecule has 4 heteroatoms. The first kappa shape index (κ1) is 14.8. The van der Waals surface area contributed by atoms with Crippen molar-refractivity contribution in [3.05, 3.63) is 0 Å². The topological polar surface area (TPSA) is 12.0 Å². The first-order valence-electron chi connectivity index (χ1n) is 5.73. The van der Waals surface area contributed by atoms with Gasteiger partial charge in [0.1, 0.15) is 0 Å². The molecule has 0 fully saturated rings. The lowest BCUT2D eigenvalue weighted by molar-refractivity contribution is -0.140. The van der Waals surface area contributed by atoms with Crippen LogP contribution in [0.25, 0.3) is 0 Å². The summed E-state index contributed by atoms with van der Waals surface area (Å²) in [7, 11) is 0. The molecular formula is C11H22F3N. The molecule has 0 saturated heterocycles. The van der Waals surface area contributed by atoms with Crippen LogP contribution in [0.5, 0.6) is 0 Å². The van der Waals surface area contributed by atoms with Crippen molar-refractivity contribution in [2.45, 2.75) is 58.7 Å². The van der Waals surface area contributed by atoms with E-state index in [1.165, 1.54) is 0 Å². The maximum absolute atomic E-state index is 12.2. The molecule has 0 spiro atoms. The molecule has 0 aliphatic rings. The van der Waals surface area contributed by atoms with Crippen LogP contribution in [-0.4, -0.2) is 18.8 Å². The number of hydrogen-bond donors (Lipinski definition) is 1. The van der Waals surface area contributed by atoms with Gasteiger partial charge in [-0.05, 0) is 18.9 Å². The molecule has 0 aromatic heterocycles. The average molecular weight is 225 g/mol. The quantitative estimate of drug-likeness (QED) is 0.696. The molecule has 0 heterocycles. The number of halogens is 3. The summed E-state index contributed by atoms with van der Waals surface area (Å²) < 4.78 is 36.7. The molecule has 0 radical (unpaired) electrons. The molecule has 0 amide bonds. The Hall–Kier alpha value is -0.250. The third-order valence-electron chi connectivity index (χ3n) is 2.74. The Balaban J connectivity index is 4.14. The summed E-state index contributed by atoms with van der Waals surface area (Å²) in [6.45, 7) is 6.51. The van der Waals surface area contributed by atoms with Gasteiger partial charge >= 0.3 is 6.18 Å². The molecule has 1 unspecified atom stereocenters. The van der Waals surface area contributed by atoms with Crippen molar-refractivity contribution < 1.29 is 13.2 Å². The van der Waals surface area contributed by atoms with E-state index in [9.17, 15) is 13.2 Å². The highest BCUT2D eigenvalue weighted by molar-refractivity contribution is 4.73. The van der Waals surface area contributed by atoms with Gasteiger partial charge in [-0.1, -0.05) is 33.6 Å². The smallest absolute Gasteiger partial charge is 0.314 e. The minimum Gasteiger partial charge on any atom is -0.314 e. The fraction of sp³-hybridized carbons (Fsp3) is 1.00. The van der Waals surface area contributed by atoms with Gasteiger partial charge < -0.3 is 5.32 Å². The summed E-state index contributed by atoms with van der Waals surface area (Å²) in [5, 5.41) is 2.92. The van der Waals surface area contributed by atoms with E-state index in [1.807, 2.05) is 20.8 Å². The largest absolute Gasteiger partial charge is 0.390 e. The fourth-order valence-corrected chi connectivity index (χ4v) is 1.83. The van der Waals surface area contributed by atoms with Crippen molar-refractivity contribution in [1.29, 1.82) is 0 Å². The van der Waals surface area contributed by atoms with Gasteiger partial charge in [-0.3, -0.25) is 0 Å². The zero-order valence-corrected chi connectivity index (χ0v) is 9.82. The van der Waals surface area contributed by atoms with Crippen molar-refractivity contribution in [2.24, 2.45) is 5.92 Å². The van der Waals surface area contributed by atoms with Crippen molar-refractivity contribution in [3.63, 3.8) is 0 Å². The van der Waals surface area contributed by atoms with Gasteiger partial charge in [0.25, 0.3) is 0 Å². The van der Waals surface area contributed by atoms with Crippen LogP contribution in [0.4, 0.5) is 13.2 Å². The van der Waals surface area contributed by atoms with Crippen molar-refractivity contribution >= 4 is 0 Å². The molecule has 0 saturated carbocycles. The molecule has 0 aliphatic carbocycles. The van der Waals surface area contributed by atoms with E-state index in [0.29, 0.717) is 18.9 Å². The number of nitrogens with one attached hydrogen (secondary N) is 1. The summed E-state index contributed by atoms with van der Waals surface area (Å²) in [6.07, 6.45) is -2.23. The minimum absolute atomic E-state index is 0.399. The third-order valence-corrected chi connectivity index (χ3v) is 2.74. The van der Waals surface area contributed by atoms with Crippen LogP contribution < -0.4 is 5.32 Å². The monoisotopic (exact) mass is 225 g/mol. The Bertz CT molecular complexity index is 152. The van der Waals surface area contributed by atoms with E-state index in [4.69, 9.17) is 0 Å². The van der Waals surface area contributed by atoms with E-state index in [2.05, 4.69) is 5.32 Å². The van der Waals surface area contributed by atoms with Crippen LogP contribution >= 0.6 is 0 Å². The fourth-order valence-electron chi connectivity index (χ4n) is 1.83. The van der Waals surface area contributed by atoms with E-state index >= 15 is 0 Å². The van der Waals surface area contributed by atoms with E-state index in [0.717, 1.165) is 12.8 Å². The summed E-state index contributed by atoms with van der Waals surface area (Å²) >= 11 is 0. The lowest BCUT2D eigenvalue weighted by Gasteiger charge is -2.23. The van der Waals surface area contributed by atoms with Crippen molar-refractivity contribution in [2.75, 3.05) is 6.54 Å². The highest BCUT2D eigenvalue weighted by Gasteiger charge is 2.32. The average Bonchev–Trinajstić information content (AvgIpc) is 2.11. The predicted octanol–water partition coefficient (Wildman–Crippen LogP) is 3.74. The van der Waals surface area contributed by atoms with Crippen LogP contribution in [0.1, 0.15) is 46.5 Å². The second kappa shape index (κ2) is 7.09. The molecular weight excluding hydrogens is 203 g/mol. The van der Waals surface area contributed by atoms with Crippen LogP contribution in [0.15, 0.2) is 0 Å². The van der Waals surface area contributed by atoms with Gasteiger partial charge in [-0.2, -0.15) is 13.2 Å². The van der Waals surface area contributed by atoms with Gasteiger partial charge in [0.2, 0.25) is 0 Å². The summed E-state index contributed by atoms with van der Waals surface area (Å²) in [4.78, 5) is 0. The summed E-state index contributed by atoms with van der Waals surface area (Å²) in [6, 6.07) is -0.417. The van der Waals surface area contributed by atoms with Gasteiger partial charge in [0.05, 0.1) is 6.42 Å². The zero-order valence-electron chi connectivity index (χ0n) is 9.82. The predicted molar refractivity (Wildman–Crippen MR) is 56.8 cm³/mol. The maximum Gasteiger partial charge on any atom is 0.390 e. The lowest BCUT2D eigenvalue weighted by atomic mass is 9.93. The minimum atomic E-state index is -4.06. The summed E-state index contributed by atoms with van der Waals surface area (Å²) in [5.41, 5.74) is 0. The van der Waals surface area contributed by atoms with Crippen molar-refractivity contribution in [3.8, 4) is 0 Å². The van der Waals surface area contributed by atoms with E-state index < -0.39 is 18.6 Å². The van der Waals surface area contributed by atoms with Gasteiger partial charge in [0, 0.05) is 6.04 Å².